The Bertz CT molecular complexity index is 1180. The van der Waals surface area contributed by atoms with Crippen LogP contribution in [0, 0.1) is 0 Å². The van der Waals surface area contributed by atoms with Gasteiger partial charge in [0.25, 0.3) is 11.7 Å². The van der Waals surface area contributed by atoms with Crippen molar-refractivity contribution in [1.82, 2.24) is 9.38 Å². The first-order valence-corrected chi connectivity index (χ1v) is 9.18. The molecule has 6 nitrogen and oxygen atoms in total. The van der Waals surface area contributed by atoms with E-state index in [1.54, 1.807) is 41.2 Å². The standard InChI is InChI=1S/C23H20N4O2/c1-26(2)18-10-8-17(9-11-18)25-23(29)22(28)21-20(16-6-5-12-24-15-16)14-19-7-3-4-13-27(19)21/h3-15H,1-2H3,(H,25,29). The topological polar surface area (TPSA) is 66.7 Å². The molecule has 0 saturated heterocycles. The van der Waals surface area contributed by atoms with Crippen LogP contribution in [0.3, 0.4) is 0 Å². The van der Waals surface area contributed by atoms with Crippen molar-refractivity contribution in [3.05, 3.63) is 84.9 Å². The molecule has 0 saturated carbocycles. The molecular formula is C23H20N4O2. The molecule has 6 heteroatoms. The fraction of sp³-hybridized carbons (Fsp3) is 0.0870. The van der Waals surface area contributed by atoms with E-state index < -0.39 is 11.7 Å². The van der Waals surface area contributed by atoms with E-state index in [9.17, 15) is 9.59 Å². The molecule has 0 radical (unpaired) electrons. The zero-order valence-corrected chi connectivity index (χ0v) is 16.2. The largest absolute Gasteiger partial charge is 0.378 e. The minimum absolute atomic E-state index is 0.316. The summed E-state index contributed by atoms with van der Waals surface area (Å²) in [6.07, 6.45) is 5.13. The number of rotatable bonds is 5. The summed E-state index contributed by atoms with van der Waals surface area (Å²) in [5.41, 5.74) is 4.17. The third-order valence-corrected chi connectivity index (χ3v) is 4.72. The van der Waals surface area contributed by atoms with Crippen LogP contribution in [-0.4, -0.2) is 35.2 Å². The van der Waals surface area contributed by atoms with Gasteiger partial charge in [-0.25, -0.2) is 0 Å². The third-order valence-electron chi connectivity index (χ3n) is 4.72. The number of amides is 1. The van der Waals surface area contributed by atoms with Crippen molar-refractivity contribution in [3.8, 4) is 11.1 Å². The quantitative estimate of drug-likeness (QED) is 0.419. The Balaban J connectivity index is 1.70. The molecule has 3 aromatic heterocycles. The number of carbonyl (C=O) groups is 2. The number of ketones is 1. The van der Waals surface area contributed by atoms with E-state index in [0.29, 0.717) is 16.9 Å². The number of nitrogens with zero attached hydrogens (tertiary/aromatic N) is 3. The molecule has 0 aliphatic heterocycles. The minimum atomic E-state index is -0.684. The summed E-state index contributed by atoms with van der Waals surface area (Å²) in [6, 6.07) is 18.5. The van der Waals surface area contributed by atoms with Gasteiger partial charge in [0.05, 0.1) is 0 Å². The Morgan fingerprint density at radius 1 is 1.00 bits per heavy atom. The molecule has 29 heavy (non-hydrogen) atoms. The van der Waals surface area contributed by atoms with Crippen LogP contribution in [0.2, 0.25) is 0 Å². The van der Waals surface area contributed by atoms with Crippen molar-refractivity contribution in [1.29, 1.82) is 0 Å². The van der Waals surface area contributed by atoms with Gasteiger partial charge in [-0.1, -0.05) is 12.1 Å². The predicted octanol–water partition coefficient (Wildman–Crippen LogP) is 3.89. The molecule has 3 heterocycles. The molecular weight excluding hydrogens is 364 g/mol. The van der Waals surface area contributed by atoms with Gasteiger partial charge in [0.15, 0.2) is 0 Å². The molecule has 1 amide bonds. The van der Waals surface area contributed by atoms with Crippen molar-refractivity contribution >= 4 is 28.6 Å². The number of fused-ring (bicyclic) bond motifs is 1. The number of hydrogen-bond acceptors (Lipinski definition) is 4. The van der Waals surface area contributed by atoms with E-state index in [2.05, 4.69) is 10.3 Å². The molecule has 144 valence electrons. The zero-order valence-electron chi connectivity index (χ0n) is 16.2. The molecule has 1 N–H and O–H groups in total. The van der Waals surface area contributed by atoms with Crippen LogP contribution in [0.4, 0.5) is 11.4 Å². The molecule has 0 atom stereocenters. The van der Waals surface area contributed by atoms with Crippen molar-refractivity contribution in [2.75, 3.05) is 24.3 Å². The van der Waals surface area contributed by atoms with Gasteiger partial charge >= 0.3 is 0 Å². The SMILES string of the molecule is CN(C)c1ccc(NC(=O)C(=O)c2c(-c3cccnc3)cc3ccccn23)cc1. The number of benzene rings is 1. The first-order valence-electron chi connectivity index (χ1n) is 9.18. The van der Waals surface area contributed by atoms with Gasteiger partial charge in [0.2, 0.25) is 0 Å². The second kappa shape index (κ2) is 7.59. The average molecular weight is 384 g/mol. The fourth-order valence-electron chi connectivity index (χ4n) is 3.24. The highest BCUT2D eigenvalue weighted by molar-refractivity contribution is 6.47. The van der Waals surface area contributed by atoms with Crippen LogP contribution in [-0.2, 0) is 4.79 Å². The first-order chi connectivity index (χ1) is 14.0. The zero-order chi connectivity index (χ0) is 20.4. The Morgan fingerprint density at radius 2 is 1.79 bits per heavy atom. The monoisotopic (exact) mass is 384 g/mol. The lowest BCUT2D eigenvalue weighted by Gasteiger charge is -2.13. The smallest absolute Gasteiger partial charge is 0.298 e. The van der Waals surface area contributed by atoms with E-state index in [1.807, 2.05) is 61.5 Å². The minimum Gasteiger partial charge on any atom is -0.378 e. The van der Waals surface area contributed by atoms with Crippen LogP contribution < -0.4 is 10.2 Å². The van der Waals surface area contributed by atoms with Gasteiger partial charge in [-0.2, -0.15) is 0 Å². The Kier molecular flexibility index (Phi) is 4.83. The van der Waals surface area contributed by atoms with Gasteiger partial charge in [-0.3, -0.25) is 14.6 Å². The van der Waals surface area contributed by atoms with E-state index in [1.165, 1.54) is 0 Å². The number of pyridine rings is 2. The normalized spacial score (nSPS) is 10.7. The maximum absolute atomic E-state index is 13.1. The highest BCUT2D eigenvalue weighted by Gasteiger charge is 2.24. The Hall–Kier alpha value is -3.93. The number of nitrogens with one attached hydrogen (secondary N) is 1. The lowest BCUT2D eigenvalue weighted by atomic mass is 10.1. The fourth-order valence-corrected chi connectivity index (χ4v) is 3.24. The van der Waals surface area contributed by atoms with Crippen LogP contribution in [0.15, 0.2) is 79.3 Å². The second-order valence-electron chi connectivity index (χ2n) is 6.87. The Labute approximate surface area is 168 Å². The summed E-state index contributed by atoms with van der Waals surface area (Å²) in [7, 11) is 3.88. The number of anilines is 2. The van der Waals surface area contributed by atoms with Crippen LogP contribution in [0.1, 0.15) is 10.5 Å². The number of hydrogen-bond donors (Lipinski definition) is 1. The summed E-state index contributed by atoms with van der Waals surface area (Å²) in [4.78, 5) is 32.0. The predicted molar refractivity (Wildman–Crippen MR) is 114 cm³/mol. The summed E-state index contributed by atoms with van der Waals surface area (Å²) in [6.45, 7) is 0. The highest BCUT2D eigenvalue weighted by atomic mass is 16.2. The molecule has 0 aliphatic carbocycles. The van der Waals surface area contributed by atoms with Crippen molar-refractivity contribution in [2.24, 2.45) is 0 Å². The van der Waals surface area contributed by atoms with Crippen LogP contribution >= 0.6 is 0 Å². The molecule has 0 aliphatic rings. The lowest BCUT2D eigenvalue weighted by Crippen LogP contribution is -2.24. The molecule has 0 unspecified atom stereocenters. The van der Waals surface area contributed by atoms with E-state index >= 15 is 0 Å². The van der Waals surface area contributed by atoms with E-state index in [4.69, 9.17) is 0 Å². The maximum atomic E-state index is 13.1. The van der Waals surface area contributed by atoms with Crippen molar-refractivity contribution < 1.29 is 9.59 Å². The number of aromatic nitrogens is 2. The molecule has 0 spiro atoms. The molecule has 0 bridgehead atoms. The molecule has 4 rings (SSSR count). The average Bonchev–Trinajstić information content (AvgIpc) is 3.13. The van der Waals surface area contributed by atoms with Crippen LogP contribution in [0.25, 0.3) is 16.6 Å². The van der Waals surface area contributed by atoms with E-state index in [0.717, 1.165) is 16.8 Å². The van der Waals surface area contributed by atoms with Gasteiger partial charge in [0.1, 0.15) is 5.69 Å². The number of carbonyl (C=O) groups excluding carboxylic acids is 2. The summed E-state index contributed by atoms with van der Waals surface area (Å²) in [5.74, 6) is -1.29. The first kappa shape index (κ1) is 18.4. The second-order valence-corrected chi connectivity index (χ2v) is 6.87. The molecule has 0 fully saturated rings. The summed E-state index contributed by atoms with van der Waals surface area (Å²) in [5, 5.41) is 2.70. The molecule has 4 aromatic rings. The van der Waals surface area contributed by atoms with Crippen molar-refractivity contribution in [2.45, 2.75) is 0 Å². The van der Waals surface area contributed by atoms with Gasteiger partial charge < -0.3 is 14.6 Å². The number of Topliss-reactive ketones (excluding diaryl/α,β-unsaturated/α-hetero) is 1. The van der Waals surface area contributed by atoms with Crippen LogP contribution in [0.5, 0.6) is 0 Å². The summed E-state index contributed by atoms with van der Waals surface area (Å²) < 4.78 is 1.74. The highest BCUT2D eigenvalue weighted by Crippen LogP contribution is 2.28. The molecule has 1 aromatic carbocycles. The van der Waals surface area contributed by atoms with Crippen molar-refractivity contribution in [3.63, 3.8) is 0 Å². The van der Waals surface area contributed by atoms with Gasteiger partial charge in [-0.05, 0) is 48.5 Å². The Morgan fingerprint density at radius 3 is 2.48 bits per heavy atom. The van der Waals surface area contributed by atoms with Gasteiger partial charge in [-0.15, -0.1) is 0 Å². The lowest BCUT2D eigenvalue weighted by molar-refractivity contribution is -0.112. The summed E-state index contributed by atoms with van der Waals surface area (Å²) >= 11 is 0. The van der Waals surface area contributed by atoms with Gasteiger partial charge in [0, 0.05) is 60.7 Å². The maximum Gasteiger partial charge on any atom is 0.298 e. The van der Waals surface area contributed by atoms with E-state index in [-0.39, 0.29) is 0 Å². The third kappa shape index (κ3) is 3.60.